The van der Waals surface area contributed by atoms with Gasteiger partial charge >= 0.3 is 0 Å². The van der Waals surface area contributed by atoms with Gasteiger partial charge in [-0.1, -0.05) is 19.9 Å². The third-order valence-corrected chi connectivity index (χ3v) is 4.56. The van der Waals surface area contributed by atoms with Crippen molar-refractivity contribution in [2.45, 2.75) is 32.1 Å². The summed E-state index contributed by atoms with van der Waals surface area (Å²) in [4.78, 5) is 0.139. The van der Waals surface area contributed by atoms with E-state index in [0.717, 1.165) is 5.56 Å². The third kappa shape index (κ3) is 4.47. The highest BCUT2D eigenvalue weighted by Crippen LogP contribution is 2.26. The number of ether oxygens (including phenoxy) is 1. The molecule has 2 N–H and O–H groups in total. The molecule has 0 spiro atoms. The van der Waals surface area contributed by atoms with E-state index in [4.69, 9.17) is 9.84 Å². The van der Waals surface area contributed by atoms with Gasteiger partial charge in [0.15, 0.2) is 0 Å². The Kier molecular flexibility index (Phi) is 5.56. The number of hydrogen-bond acceptors (Lipinski definition) is 4. The molecule has 0 saturated carbocycles. The van der Waals surface area contributed by atoms with E-state index in [1.807, 2.05) is 20.8 Å². The second-order valence-electron chi connectivity index (χ2n) is 5.62. The molecule has 0 fully saturated rings. The van der Waals surface area contributed by atoms with Gasteiger partial charge < -0.3 is 9.84 Å². The number of nitrogens with one attached hydrogen (secondary N) is 1. The Balaban J connectivity index is 2.97. The van der Waals surface area contributed by atoms with Gasteiger partial charge in [0.2, 0.25) is 10.0 Å². The summed E-state index contributed by atoms with van der Waals surface area (Å²) in [6, 6.07) is 5.02. The molecule has 0 atom stereocenters. The normalized spacial score (nSPS) is 12.4. The molecule has 0 aromatic heterocycles. The van der Waals surface area contributed by atoms with E-state index >= 15 is 0 Å². The van der Waals surface area contributed by atoms with E-state index in [0.29, 0.717) is 12.2 Å². The molecular formula is C14H23NO4S. The number of rotatable bonds is 7. The molecule has 0 amide bonds. The number of benzene rings is 1. The molecular weight excluding hydrogens is 278 g/mol. The molecule has 1 rings (SSSR count). The summed E-state index contributed by atoms with van der Waals surface area (Å²) in [7, 11) is -2.19. The lowest BCUT2D eigenvalue weighted by Gasteiger charge is -2.24. The smallest absolute Gasteiger partial charge is 0.244 e. The molecule has 5 nitrogen and oxygen atoms in total. The molecule has 20 heavy (non-hydrogen) atoms. The SMILES string of the molecule is COc1ccc(C)cc1S(=O)(=O)NCC(C)(C)CCO. The number of methoxy groups -OCH3 is 1. The second-order valence-corrected chi connectivity index (χ2v) is 7.35. The highest BCUT2D eigenvalue weighted by molar-refractivity contribution is 7.89. The molecule has 0 radical (unpaired) electrons. The van der Waals surface area contributed by atoms with E-state index in [-0.39, 0.29) is 23.5 Å². The zero-order valence-electron chi connectivity index (χ0n) is 12.4. The first-order chi connectivity index (χ1) is 9.22. The van der Waals surface area contributed by atoms with Crippen LogP contribution in [-0.2, 0) is 10.0 Å². The van der Waals surface area contributed by atoms with Crippen molar-refractivity contribution in [3.8, 4) is 5.75 Å². The Morgan fingerprint density at radius 1 is 1.35 bits per heavy atom. The van der Waals surface area contributed by atoms with Gasteiger partial charge in [0.05, 0.1) is 7.11 Å². The molecule has 0 aliphatic carbocycles. The Labute approximate surface area is 121 Å². The molecule has 114 valence electrons. The number of aryl methyl sites for hydroxylation is 1. The lowest BCUT2D eigenvalue weighted by Crippen LogP contribution is -2.34. The van der Waals surface area contributed by atoms with Crippen molar-refractivity contribution in [2.24, 2.45) is 5.41 Å². The summed E-state index contributed by atoms with van der Waals surface area (Å²) in [5, 5.41) is 8.97. The summed E-state index contributed by atoms with van der Waals surface area (Å²) in [5.41, 5.74) is 0.541. The van der Waals surface area contributed by atoms with Gasteiger partial charge in [0.1, 0.15) is 10.6 Å². The van der Waals surface area contributed by atoms with Crippen molar-refractivity contribution in [3.05, 3.63) is 23.8 Å². The molecule has 0 bridgehead atoms. The van der Waals surface area contributed by atoms with Gasteiger partial charge in [-0.25, -0.2) is 13.1 Å². The van der Waals surface area contributed by atoms with Gasteiger partial charge in [-0.15, -0.1) is 0 Å². The fourth-order valence-corrected chi connectivity index (χ4v) is 3.25. The van der Waals surface area contributed by atoms with Gasteiger partial charge in [-0.2, -0.15) is 0 Å². The maximum atomic E-state index is 12.4. The van der Waals surface area contributed by atoms with Gasteiger partial charge in [0.25, 0.3) is 0 Å². The van der Waals surface area contributed by atoms with E-state index in [9.17, 15) is 8.42 Å². The van der Waals surface area contributed by atoms with Crippen LogP contribution in [0, 0.1) is 12.3 Å². The van der Waals surface area contributed by atoms with Gasteiger partial charge in [-0.3, -0.25) is 0 Å². The van der Waals surface area contributed by atoms with Crippen LogP contribution >= 0.6 is 0 Å². The molecule has 0 aliphatic rings. The van der Waals surface area contributed by atoms with Crippen LogP contribution in [0.15, 0.2) is 23.1 Å². The number of aliphatic hydroxyl groups is 1. The molecule has 0 saturated heterocycles. The minimum absolute atomic E-state index is 0.0303. The fourth-order valence-electron chi connectivity index (χ4n) is 1.75. The molecule has 0 heterocycles. The lowest BCUT2D eigenvalue weighted by molar-refractivity contribution is 0.213. The molecule has 1 aromatic carbocycles. The zero-order chi connectivity index (χ0) is 15.4. The maximum absolute atomic E-state index is 12.4. The standard InChI is InChI=1S/C14H23NO4S/c1-11-5-6-12(19-4)13(9-11)20(17,18)15-10-14(2,3)7-8-16/h5-6,9,15-16H,7-8,10H2,1-4H3. The predicted molar refractivity (Wildman–Crippen MR) is 78.4 cm³/mol. The van der Waals surface area contributed by atoms with Crippen molar-refractivity contribution < 1.29 is 18.3 Å². The van der Waals surface area contributed by atoms with Gasteiger partial charge in [-0.05, 0) is 36.5 Å². The quantitative estimate of drug-likeness (QED) is 0.803. The van der Waals surface area contributed by atoms with Crippen LogP contribution in [0.5, 0.6) is 5.75 Å². The van der Waals surface area contributed by atoms with Crippen molar-refractivity contribution >= 4 is 10.0 Å². The minimum Gasteiger partial charge on any atom is -0.495 e. The Morgan fingerprint density at radius 2 is 2.00 bits per heavy atom. The van der Waals surface area contributed by atoms with Crippen molar-refractivity contribution in [1.29, 1.82) is 0 Å². The number of hydrogen-bond donors (Lipinski definition) is 2. The third-order valence-electron chi connectivity index (χ3n) is 3.14. The van der Waals surface area contributed by atoms with Crippen LogP contribution in [0.25, 0.3) is 0 Å². The van der Waals surface area contributed by atoms with E-state index in [1.54, 1.807) is 18.2 Å². The zero-order valence-corrected chi connectivity index (χ0v) is 13.3. The number of sulfonamides is 1. The molecule has 0 unspecified atom stereocenters. The first kappa shape index (κ1) is 16.9. The molecule has 6 heteroatoms. The van der Waals surface area contributed by atoms with E-state index in [1.165, 1.54) is 7.11 Å². The average Bonchev–Trinajstić information content (AvgIpc) is 2.37. The second kappa shape index (κ2) is 6.56. The van der Waals surface area contributed by atoms with Crippen LogP contribution in [0.2, 0.25) is 0 Å². The lowest BCUT2D eigenvalue weighted by atomic mass is 9.90. The predicted octanol–water partition coefficient (Wildman–Crippen LogP) is 1.69. The summed E-state index contributed by atoms with van der Waals surface area (Å²) >= 11 is 0. The fraction of sp³-hybridized carbons (Fsp3) is 0.571. The van der Waals surface area contributed by atoms with Crippen LogP contribution in [-0.4, -0.2) is 33.8 Å². The van der Waals surface area contributed by atoms with Crippen molar-refractivity contribution in [1.82, 2.24) is 4.72 Å². The van der Waals surface area contributed by atoms with E-state index < -0.39 is 10.0 Å². The average molecular weight is 301 g/mol. The first-order valence-corrected chi connectivity index (χ1v) is 7.95. The first-order valence-electron chi connectivity index (χ1n) is 6.47. The van der Waals surface area contributed by atoms with Crippen LogP contribution in [0.1, 0.15) is 25.8 Å². The Bertz CT molecular complexity index is 552. The monoisotopic (exact) mass is 301 g/mol. The largest absolute Gasteiger partial charge is 0.495 e. The van der Waals surface area contributed by atoms with Crippen molar-refractivity contribution in [3.63, 3.8) is 0 Å². The van der Waals surface area contributed by atoms with Crippen LogP contribution < -0.4 is 9.46 Å². The Morgan fingerprint density at radius 3 is 2.55 bits per heavy atom. The van der Waals surface area contributed by atoms with Gasteiger partial charge in [0, 0.05) is 13.2 Å². The summed E-state index contributed by atoms with van der Waals surface area (Å²) in [5.74, 6) is 0.322. The summed E-state index contributed by atoms with van der Waals surface area (Å²) < 4.78 is 32.4. The number of aliphatic hydroxyl groups excluding tert-OH is 1. The topological polar surface area (TPSA) is 75.6 Å². The highest BCUT2D eigenvalue weighted by atomic mass is 32.2. The maximum Gasteiger partial charge on any atom is 0.244 e. The molecule has 0 aliphatic heterocycles. The summed E-state index contributed by atoms with van der Waals surface area (Å²) in [6.07, 6.45) is 0.528. The molecule has 1 aromatic rings. The Hall–Kier alpha value is -1.11. The van der Waals surface area contributed by atoms with Crippen LogP contribution in [0.3, 0.4) is 0 Å². The summed E-state index contributed by atoms with van der Waals surface area (Å²) in [6.45, 7) is 5.92. The van der Waals surface area contributed by atoms with E-state index in [2.05, 4.69) is 4.72 Å². The van der Waals surface area contributed by atoms with Crippen molar-refractivity contribution in [2.75, 3.05) is 20.3 Å². The minimum atomic E-state index is -3.63. The van der Waals surface area contributed by atoms with Crippen LogP contribution in [0.4, 0.5) is 0 Å². The highest BCUT2D eigenvalue weighted by Gasteiger charge is 2.24.